The third-order valence-electron chi connectivity index (χ3n) is 5.24. The van der Waals surface area contributed by atoms with Crippen LogP contribution in [0.1, 0.15) is 12.0 Å². The Bertz CT molecular complexity index is 779. The first-order valence-corrected chi connectivity index (χ1v) is 9.45. The Kier molecular flexibility index (Phi) is 6.32. The number of hydrogen-bond donors (Lipinski definition) is 4. The highest BCUT2D eigenvalue weighted by atomic mass is 32.1. The van der Waals surface area contributed by atoms with Crippen LogP contribution in [0.3, 0.4) is 0 Å². The van der Waals surface area contributed by atoms with E-state index in [-0.39, 0.29) is 30.4 Å². The van der Waals surface area contributed by atoms with Crippen LogP contribution in [0.2, 0.25) is 0 Å². The van der Waals surface area contributed by atoms with Crippen LogP contribution in [-0.2, 0) is 15.7 Å². The Labute approximate surface area is 170 Å². The summed E-state index contributed by atoms with van der Waals surface area (Å²) in [6.07, 6.45) is -6.99. The van der Waals surface area contributed by atoms with Crippen molar-refractivity contribution in [3.63, 3.8) is 0 Å². The van der Waals surface area contributed by atoms with Gasteiger partial charge in [0.2, 0.25) is 5.91 Å². The Morgan fingerprint density at radius 3 is 2.79 bits per heavy atom. The molecule has 2 fully saturated rings. The second-order valence-electron chi connectivity index (χ2n) is 7.07. The summed E-state index contributed by atoms with van der Waals surface area (Å²) in [7, 11) is 1.48. The molecule has 1 aromatic carbocycles. The number of amides is 1. The van der Waals surface area contributed by atoms with Crippen LogP contribution in [0, 0.1) is 5.92 Å². The average molecular weight is 433 g/mol. The lowest BCUT2D eigenvalue weighted by molar-refractivity contribution is -0.137. The summed E-state index contributed by atoms with van der Waals surface area (Å²) in [6, 6.07) is 3.06. The number of rotatable bonds is 5. The van der Waals surface area contributed by atoms with E-state index in [4.69, 9.17) is 17.0 Å². The van der Waals surface area contributed by atoms with Crippen molar-refractivity contribution in [3.8, 4) is 0 Å². The number of thiocarbonyl (C=S) groups is 1. The van der Waals surface area contributed by atoms with Crippen LogP contribution in [0.5, 0.6) is 0 Å². The van der Waals surface area contributed by atoms with Gasteiger partial charge in [-0.3, -0.25) is 4.79 Å². The van der Waals surface area contributed by atoms with E-state index in [1.807, 2.05) is 0 Å². The molecule has 2 aliphatic rings. The van der Waals surface area contributed by atoms with E-state index in [1.54, 1.807) is 0 Å². The number of aliphatic hydroxyl groups excluding tert-OH is 2. The molecule has 160 valence electrons. The fourth-order valence-corrected chi connectivity index (χ4v) is 4.24. The summed E-state index contributed by atoms with van der Waals surface area (Å²) in [4.78, 5) is 14.2. The van der Waals surface area contributed by atoms with Crippen LogP contribution in [-0.4, -0.2) is 65.8 Å². The molecular weight excluding hydrogens is 411 g/mol. The van der Waals surface area contributed by atoms with Crippen molar-refractivity contribution in [1.82, 2.24) is 10.6 Å². The van der Waals surface area contributed by atoms with E-state index < -0.39 is 47.9 Å². The third-order valence-corrected chi connectivity index (χ3v) is 5.55. The SMILES string of the molecule is COCCNC(=O)C1CC(O)C(O)C2NC(=S)N(c3cccc(C(F)(F)F)c3)C12. The number of hydrogen-bond acceptors (Lipinski definition) is 5. The van der Waals surface area contributed by atoms with Gasteiger partial charge in [-0.05, 0) is 36.8 Å². The van der Waals surface area contributed by atoms with E-state index in [0.717, 1.165) is 12.1 Å². The molecule has 29 heavy (non-hydrogen) atoms. The van der Waals surface area contributed by atoms with Crippen LogP contribution < -0.4 is 15.5 Å². The lowest BCUT2D eigenvalue weighted by Gasteiger charge is -2.41. The summed E-state index contributed by atoms with van der Waals surface area (Å²) in [5.41, 5.74) is -0.693. The summed E-state index contributed by atoms with van der Waals surface area (Å²) in [5, 5.41) is 26.2. The minimum atomic E-state index is -4.54. The molecule has 0 spiro atoms. The lowest BCUT2D eigenvalue weighted by atomic mass is 9.77. The van der Waals surface area contributed by atoms with Crippen molar-refractivity contribution in [2.45, 2.75) is 36.9 Å². The standard InChI is InChI=1S/C18H22F3N3O4S/c1-28-6-5-22-16(27)11-8-12(25)15(26)13-14(11)24(17(29)23-13)10-4-2-3-9(7-10)18(19,20)21/h2-4,7,11-15,25-26H,5-6,8H2,1H3,(H,22,27)(H,23,29). The highest BCUT2D eigenvalue weighted by Gasteiger charge is 2.54. The highest BCUT2D eigenvalue weighted by Crippen LogP contribution is 2.38. The number of methoxy groups -OCH3 is 1. The van der Waals surface area contributed by atoms with Crippen LogP contribution in [0.4, 0.5) is 18.9 Å². The van der Waals surface area contributed by atoms with E-state index in [1.165, 1.54) is 24.1 Å². The van der Waals surface area contributed by atoms with Crippen molar-refractivity contribution >= 4 is 28.9 Å². The second kappa shape index (κ2) is 8.42. The molecule has 0 bridgehead atoms. The number of nitrogens with zero attached hydrogens (tertiary/aromatic N) is 1. The molecule has 0 aromatic heterocycles. The summed E-state index contributed by atoms with van der Waals surface area (Å²) < 4.78 is 44.4. The van der Waals surface area contributed by atoms with Gasteiger partial charge in [0.1, 0.15) is 6.10 Å². The quantitative estimate of drug-likeness (QED) is 0.400. The molecule has 7 nitrogen and oxygen atoms in total. The van der Waals surface area contributed by atoms with Crippen molar-refractivity contribution in [2.75, 3.05) is 25.2 Å². The average Bonchev–Trinajstić information content (AvgIpc) is 3.01. The second-order valence-corrected chi connectivity index (χ2v) is 7.45. The molecule has 11 heteroatoms. The summed E-state index contributed by atoms with van der Waals surface area (Å²) >= 11 is 5.30. The van der Waals surface area contributed by atoms with Crippen molar-refractivity contribution in [1.29, 1.82) is 0 Å². The molecular formula is C18H22F3N3O4S. The molecule has 1 aromatic rings. The van der Waals surface area contributed by atoms with Gasteiger partial charge < -0.3 is 30.5 Å². The number of aliphatic hydroxyl groups is 2. The molecule has 3 rings (SSSR count). The van der Waals surface area contributed by atoms with Crippen LogP contribution in [0.25, 0.3) is 0 Å². The molecule has 1 heterocycles. The molecule has 1 amide bonds. The van der Waals surface area contributed by atoms with E-state index in [2.05, 4.69) is 10.6 Å². The zero-order valence-electron chi connectivity index (χ0n) is 15.5. The predicted molar refractivity (Wildman–Crippen MR) is 102 cm³/mol. The number of ether oxygens (including phenoxy) is 1. The Morgan fingerprint density at radius 1 is 1.41 bits per heavy atom. The third kappa shape index (κ3) is 4.32. The number of halogens is 3. The van der Waals surface area contributed by atoms with Crippen LogP contribution >= 0.6 is 12.2 Å². The van der Waals surface area contributed by atoms with E-state index >= 15 is 0 Å². The maximum atomic E-state index is 13.2. The fraction of sp³-hybridized carbons (Fsp3) is 0.556. The van der Waals surface area contributed by atoms with Gasteiger partial charge in [-0.25, -0.2) is 0 Å². The number of benzene rings is 1. The maximum Gasteiger partial charge on any atom is 0.416 e. The van der Waals surface area contributed by atoms with Gasteiger partial charge in [-0.2, -0.15) is 13.2 Å². The zero-order chi connectivity index (χ0) is 21.3. The first kappa shape index (κ1) is 21.8. The van der Waals surface area contributed by atoms with Crippen molar-refractivity contribution < 1.29 is 32.9 Å². The minimum absolute atomic E-state index is 0.0547. The lowest BCUT2D eigenvalue weighted by Crippen LogP contribution is -2.61. The number of carbonyl (C=O) groups excluding carboxylic acids is 1. The molecule has 1 saturated carbocycles. The first-order chi connectivity index (χ1) is 13.6. The Balaban J connectivity index is 1.95. The topological polar surface area (TPSA) is 94.1 Å². The summed E-state index contributed by atoms with van der Waals surface area (Å²) in [6.45, 7) is 0.523. The van der Waals surface area contributed by atoms with Gasteiger partial charge in [-0.1, -0.05) is 6.07 Å². The highest BCUT2D eigenvalue weighted by molar-refractivity contribution is 7.80. The van der Waals surface area contributed by atoms with E-state index in [0.29, 0.717) is 0 Å². The van der Waals surface area contributed by atoms with Gasteiger partial charge in [0, 0.05) is 19.3 Å². The van der Waals surface area contributed by atoms with Gasteiger partial charge in [-0.15, -0.1) is 0 Å². The number of fused-ring (bicyclic) bond motifs is 1. The number of anilines is 1. The molecule has 1 aliphatic heterocycles. The molecule has 1 aliphatic carbocycles. The van der Waals surface area contributed by atoms with E-state index in [9.17, 15) is 28.2 Å². The van der Waals surface area contributed by atoms with Gasteiger partial charge >= 0.3 is 6.18 Å². The number of nitrogens with one attached hydrogen (secondary N) is 2. The fourth-order valence-electron chi connectivity index (χ4n) is 3.88. The van der Waals surface area contributed by atoms with Crippen molar-refractivity contribution in [3.05, 3.63) is 29.8 Å². The van der Waals surface area contributed by atoms with Gasteiger partial charge in [0.25, 0.3) is 0 Å². The van der Waals surface area contributed by atoms with Crippen LogP contribution in [0.15, 0.2) is 24.3 Å². The monoisotopic (exact) mass is 433 g/mol. The molecule has 0 radical (unpaired) electrons. The summed E-state index contributed by atoms with van der Waals surface area (Å²) in [5.74, 6) is -1.20. The number of carbonyl (C=O) groups is 1. The van der Waals surface area contributed by atoms with Crippen molar-refractivity contribution in [2.24, 2.45) is 5.92 Å². The molecule has 5 unspecified atom stereocenters. The molecule has 4 N–H and O–H groups in total. The number of alkyl halides is 3. The largest absolute Gasteiger partial charge is 0.416 e. The normalized spacial score (nSPS) is 29.4. The predicted octanol–water partition coefficient (Wildman–Crippen LogP) is 0.641. The van der Waals surface area contributed by atoms with Gasteiger partial charge in [0.15, 0.2) is 5.11 Å². The van der Waals surface area contributed by atoms with Gasteiger partial charge in [0.05, 0.1) is 36.3 Å². The first-order valence-electron chi connectivity index (χ1n) is 9.05. The Hall–Kier alpha value is -1.95. The zero-order valence-corrected chi connectivity index (χ0v) is 16.3. The smallest absolute Gasteiger partial charge is 0.390 e. The Morgan fingerprint density at radius 2 is 2.14 bits per heavy atom. The maximum absolute atomic E-state index is 13.2. The molecule has 5 atom stereocenters. The molecule has 1 saturated heterocycles. The minimum Gasteiger partial charge on any atom is -0.390 e.